The molecule has 0 aliphatic carbocycles. The van der Waals surface area contributed by atoms with Gasteiger partial charge < -0.3 is 25.0 Å². The molecule has 2 N–H and O–H groups in total. The molecule has 0 aliphatic heterocycles. The third kappa shape index (κ3) is 10.8. The molecule has 2 atom stereocenters. The van der Waals surface area contributed by atoms with E-state index in [9.17, 15) is 19.2 Å². The van der Waals surface area contributed by atoms with Crippen molar-refractivity contribution in [1.29, 1.82) is 0 Å². The van der Waals surface area contributed by atoms with Gasteiger partial charge in [0, 0.05) is 6.54 Å². The average Bonchev–Trinajstić information content (AvgIpc) is 2.79. The molecule has 0 fully saturated rings. The smallest absolute Gasteiger partial charge is 0.408 e. The number of rotatable bonds is 12. The summed E-state index contributed by atoms with van der Waals surface area (Å²) in [5.74, 6) is -1.39. The number of nitrogens with zero attached hydrogens (tertiary/aromatic N) is 1. The lowest BCUT2D eigenvalue weighted by Gasteiger charge is -2.35. The first kappa shape index (κ1) is 31.9. The van der Waals surface area contributed by atoms with E-state index in [4.69, 9.17) is 4.74 Å². The number of carbonyl (C=O) groups is 4. The molecule has 0 saturated heterocycles. The summed E-state index contributed by atoms with van der Waals surface area (Å²) in [6.45, 7) is 15.0. The minimum absolute atomic E-state index is 0.0881. The van der Waals surface area contributed by atoms with E-state index in [2.05, 4.69) is 15.4 Å². The number of alkyl carbamates (subject to hydrolysis) is 1. The second kappa shape index (κ2) is 14.6. The fourth-order valence-corrected chi connectivity index (χ4v) is 3.77. The van der Waals surface area contributed by atoms with Crippen LogP contribution in [-0.4, -0.2) is 60.6 Å². The average molecular weight is 520 g/mol. The summed E-state index contributed by atoms with van der Waals surface area (Å²) in [7, 11) is 1.24. The van der Waals surface area contributed by atoms with Gasteiger partial charge in [0.1, 0.15) is 24.2 Å². The molecule has 0 heterocycles. The number of benzene rings is 1. The molecule has 1 aromatic carbocycles. The van der Waals surface area contributed by atoms with Crippen LogP contribution in [0.15, 0.2) is 18.2 Å². The number of hydrogen-bond donors (Lipinski definition) is 2. The number of methoxy groups -OCH3 is 1. The van der Waals surface area contributed by atoms with Gasteiger partial charge in [0.2, 0.25) is 11.8 Å². The maximum Gasteiger partial charge on any atom is 0.408 e. The van der Waals surface area contributed by atoms with Crippen LogP contribution in [0.25, 0.3) is 0 Å². The van der Waals surface area contributed by atoms with Crippen molar-refractivity contribution < 1.29 is 28.7 Å². The molecular formula is C28H45N3O6. The summed E-state index contributed by atoms with van der Waals surface area (Å²) >= 11 is 0. The number of amides is 3. The van der Waals surface area contributed by atoms with E-state index in [0.29, 0.717) is 24.9 Å². The predicted molar refractivity (Wildman–Crippen MR) is 143 cm³/mol. The zero-order valence-corrected chi connectivity index (χ0v) is 23.9. The monoisotopic (exact) mass is 519 g/mol. The van der Waals surface area contributed by atoms with Crippen molar-refractivity contribution in [2.75, 3.05) is 20.2 Å². The van der Waals surface area contributed by atoms with Crippen LogP contribution in [0.4, 0.5) is 4.79 Å². The minimum Gasteiger partial charge on any atom is -0.468 e. The van der Waals surface area contributed by atoms with Crippen molar-refractivity contribution in [1.82, 2.24) is 15.5 Å². The first-order valence-corrected chi connectivity index (χ1v) is 12.9. The Kier molecular flexibility index (Phi) is 12.6. The first-order chi connectivity index (χ1) is 17.2. The first-order valence-electron chi connectivity index (χ1n) is 12.9. The van der Waals surface area contributed by atoms with Gasteiger partial charge in [-0.2, -0.15) is 0 Å². The van der Waals surface area contributed by atoms with Gasteiger partial charge >= 0.3 is 12.1 Å². The third-order valence-corrected chi connectivity index (χ3v) is 5.77. The highest BCUT2D eigenvalue weighted by atomic mass is 16.6. The van der Waals surface area contributed by atoms with E-state index in [0.717, 1.165) is 17.5 Å². The Labute approximate surface area is 221 Å². The zero-order valence-electron chi connectivity index (χ0n) is 23.9. The number of carbonyl (C=O) groups excluding carboxylic acids is 4. The normalized spacial score (nSPS) is 12.9. The largest absolute Gasteiger partial charge is 0.468 e. The summed E-state index contributed by atoms with van der Waals surface area (Å²) in [6.07, 6.45) is 1.11. The van der Waals surface area contributed by atoms with E-state index in [1.807, 2.05) is 52.8 Å². The van der Waals surface area contributed by atoms with Gasteiger partial charge in [0.25, 0.3) is 0 Å². The minimum atomic E-state index is -1.00. The van der Waals surface area contributed by atoms with Gasteiger partial charge in [-0.25, -0.2) is 4.79 Å². The maximum atomic E-state index is 14.0. The topological polar surface area (TPSA) is 114 Å². The number of esters is 1. The Bertz CT molecular complexity index is 938. The quantitative estimate of drug-likeness (QED) is 0.400. The second-order valence-corrected chi connectivity index (χ2v) is 10.8. The molecule has 0 bridgehead atoms. The number of hydrogen-bond acceptors (Lipinski definition) is 6. The van der Waals surface area contributed by atoms with Gasteiger partial charge in [0.05, 0.1) is 7.11 Å². The lowest BCUT2D eigenvalue weighted by atomic mass is 9.96. The molecule has 3 amide bonds. The number of aryl methyl sites for hydroxylation is 2. The van der Waals surface area contributed by atoms with Crippen LogP contribution in [0.1, 0.15) is 83.5 Å². The number of ether oxygens (including phenoxy) is 2. The van der Waals surface area contributed by atoms with Crippen molar-refractivity contribution in [3.05, 3.63) is 34.9 Å². The summed E-state index contributed by atoms with van der Waals surface area (Å²) in [5.41, 5.74) is 1.91. The predicted octanol–water partition coefficient (Wildman–Crippen LogP) is 4.20. The molecule has 0 aliphatic rings. The van der Waals surface area contributed by atoms with Crippen molar-refractivity contribution in [3.8, 4) is 0 Å². The van der Waals surface area contributed by atoms with Gasteiger partial charge in [-0.05, 0) is 70.1 Å². The molecule has 0 radical (unpaired) electrons. The Morgan fingerprint density at radius 2 is 1.70 bits per heavy atom. The van der Waals surface area contributed by atoms with Crippen LogP contribution in [0.5, 0.6) is 0 Å². The standard InChI is InChI=1S/C28H45N3O6/c1-10-11-14-31(26(34)22(15-18(2)3)30-27(35)37-28(6,7)8)24(25(33)29-17-23(32)36-9)21-13-12-19(4)20(5)16-21/h12-13,16,18,22,24H,10-11,14-15,17H2,1-9H3,(H,29,33)(H,30,35). The molecule has 1 rings (SSSR count). The summed E-state index contributed by atoms with van der Waals surface area (Å²) in [5, 5.41) is 5.34. The van der Waals surface area contributed by atoms with Gasteiger partial charge in [-0.15, -0.1) is 0 Å². The van der Waals surface area contributed by atoms with Crippen LogP contribution in [-0.2, 0) is 23.9 Å². The summed E-state index contributed by atoms with van der Waals surface area (Å²) in [4.78, 5) is 53.4. The Hall–Kier alpha value is -3.10. The highest BCUT2D eigenvalue weighted by molar-refractivity contribution is 5.93. The van der Waals surface area contributed by atoms with E-state index in [-0.39, 0.29) is 18.4 Å². The third-order valence-electron chi connectivity index (χ3n) is 5.77. The van der Waals surface area contributed by atoms with Gasteiger partial charge in [0.15, 0.2) is 0 Å². The van der Waals surface area contributed by atoms with Crippen LogP contribution < -0.4 is 10.6 Å². The molecule has 9 heteroatoms. The molecule has 37 heavy (non-hydrogen) atoms. The molecule has 0 saturated carbocycles. The van der Waals surface area contributed by atoms with Crippen LogP contribution >= 0.6 is 0 Å². The van der Waals surface area contributed by atoms with E-state index < -0.39 is 35.7 Å². The van der Waals surface area contributed by atoms with Gasteiger partial charge in [-0.3, -0.25) is 14.4 Å². The Morgan fingerprint density at radius 1 is 1.05 bits per heavy atom. The van der Waals surface area contributed by atoms with E-state index >= 15 is 0 Å². The summed E-state index contributed by atoms with van der Waals surface area (Å²) in [6, 6.07) is 3.70. The fraction of sp³-hybridized carbons (Fsp3) is 0.643. The van der Waals surface area contributed by atoms with Crippen LogP contribution in [0.2, 0.25) is 0 Å². The van der Waals surface area contributed by atoms with Gasteiger partial charge in [-0.1, -0.05) is 45.4 Å². The van der Waals surface area contributed by atoms with Crippen LogP contribution in [0.3, 0.4) is 0 Å². The summed E-state index contributed by atoms with van der Waals surface area (Å²) < 4.78 is 10.1. The van der Waals surface area contributed by atoms with Crippen molar-refractivity contribution in [2.24, 2.45) is 5.92 Å². The van der Waals surface area contributed by atoms with E-state index in [1.54, 1.807) is 20.8 Å². The molecule has 0 aromatic heterocycles. The van der Waals surface area contributed by atoms with Crippen molar-refractivity contribution >= 4 is 23.9 Å². The van der Waals surface area contributed by atoms with Crippen LogP contribution in [0, 0.1) is 19.8 Å². The van der Waals surface area contributed by atoms with Crippen molar-refractivity contribution in [3.63, 3.8) is 0 Å². The fourth-order valence-electron chi connectivity index (χ4n) is 3.77. The zero-order chi connectivity index (χ0) is 28.3. The molecule has 208 valence electrons. The Morgan fingerprint density at radius 3 is 2.22 bits per heavy atom. The highest BCUT2D eigenvalue weighted by Gasteiger charge is 2.36. The molecule has 2 unspecified atom stereocenters. The van der Waals surface area contributed by atoms with Crippen molar-refractivity contribution in [2.45, 2.75) is 92.3 Å². The Balaban J connectivity index is 3.51. The number of unbranched alkanes of at least 4 members (excludes halogenated alkanes) is 1. The lowest BCUT2D eigenvalue weighted by molar-refractivity contribution is -0.145. The molecule has 0 spiro atoms. The molecular weight excluding hydrogens is 474 g/mol. The van der Waals surface area contributed by atoms with E-state index in [1.165, 1.54) is 12.0 Å². The molecule has 1 aromatic rings. The highest BCUT2D eigenvalue weighted by Crippen LogP contribution is 2.26. The maximum absolute atomic E-state index is 14.0. The molecule has 9 nitrogen and oxygen atoms in total. The lowest BCUT2D eigenvalue weighted by Crippen LogP contribution is -2.54. The second-order valence-electron chi connectivity index (χ2n) is 10.8. The number of nitrogens with one attached hydrogen (secondary N) is 2. The SMILES string of the molecule is CCCCN(C(=O)C(CC(C)C)NC(=O)OC(C)(C)C)C(C(=O)NCC(=O)OC)c1ccc(C)c(C)c1.